The van der Waals surface area contributed by atoms with Gasteiger partial charge in [-0.2, -0.15) is 11.8 Å². The molecule has 4 unspecified atom stereocenters. The molecule has 0 bridgehead atoms. The van der Waals surface area contributed by atoms with Crippen molar-refractivity contribution in [2.75, 3.05) is 25.1 Å². The molecule has 14 heteroatoms. The second-order valence-electron chi connectivity index (χ2n) is 6.74. The Hall–Kier alpha value is -2.58. The number of aliphatic carboxylic acids is 1. The fourth-order valence-corrected chi connectivity index (χ4v) is 2.81. The monoisotopic (exact) mass is 463 g/mol. The first-order chi connectivity index (χ1) is 14.5. The van der Waals surface area contributed by atoms with Crippen LogP contribution in [0.4, 0.5) is 0 Å². The molecule has 0 saturated heterocycles. The van der Waals surface area contributed by atoms with E-state index in [0.29, 0.717) is 25.1 Å². The number of thioether (sulfide) groups is 1. The van der Waals surface area contributed by atoms with Gasteiger partial charge in [-0.15, -0.1) is 0 Å². The molecule has 0 aromatic carbocycles. The number of carbonyl (C=O) groups is 4. The first-order valence-corrected chi connectivity index (χ1v) is 11.0. The van der Waals surface area contributed by atoms with Crippen molar-refractivity contribution in [2.45, 2.75) is 50.4 Å². The van der Waals surface area contributed by atoms with Crippen LogP contribution in [0.3, 0.4) is 0 Å². The summed E-state index contributed by atoms with van der Waals surface area (Å²) in [6.45, 7) is 1.13. The molecule has 0 radical (unpaired) electrons. The largest absolute Gasteiger partial charge is 0.480 e. The van der Waals surface area contributed by atoms with Crippen LogP contribution in [0.15, 0.2) is 4.99 Å². The van der Waals surface area contributed by atoms with Crippen molar-refractivity contribution in [3.8, 4) is 0 Å². The van der Waals surface area contributed by atoms with Gasteiger partial charge in [0.05, 0.1) is 18.7 Å². The predicted molar refractivity (Wildman–Crippen MR) is 117 cm³/mol. The summed E-state index contributed by atoms with van der Waals surface area (Å²) in [4.78, 5) is 51.5. The minimum absolute atomic E-state index is 0.0575. The zero-order valence-electron chi connectivity index (χ0n) is 17.7. The van der Waals surface area contributed by atoms with Gasteiger partial charge in [0, 0.05) is 6.54 Å². The van der Waals surface area contributed by atoms with E-state index in [1.54, 1.807) is 6.26 Å². The Morgan fingerprint density at radius 3 is 2.26 bits per heavy atom. The fraction of sp³-hybridized carbons (Fsp3) is 0.706. The zero-order valence-corrected chi connectivity index (χ0v) is 18.5. The van der Waals surface area contributed by atoms with Crippen LogP contribution in [0.2, 0.25) is 0 Å². The number of aliphatic hydroxyl groups excluding tert-OH is 1. The Kier molecular flexibility index (Phi) is 14.0. The number of aliphatic hydroxyl groups is 1. The van der Waals surface area contributed by atoms with Gasteiger partial charge in [-0.3, -0.25) is 19.4 Å². The Balaban J connectivity index is 4.69. The topological polar surface area (TPSA) is 235 Å². The summed E-state index contributed by atoms with van der Waals surface area (Å²) in [6, 6.07) is -3.41. The number of amides is 3. The van der Waals surface area contributed by atoms with Crippen molar-refractivity contribution < 1.29 is 29.4 Å². The second kappa shape index (κ2) is 15.3. The predicted octanol–water partition coefficient (Wildman–Crippen LogP) is -3.33. The van der Waals surface area contributed by atoms with E-state index < -0.39 is 54.5 Å². The van der Waals surface area contributed by atoms with Crippen LogP contribution < -0.4 is 33.2 Å². The number of guanidine groups is 1. The molecular formula is C17H33N7O6S. The first-order valence-electron chi connectivity index (χ1n) is 9.57. The highest BCUT2D eigenvalue weighted by Gasteiger charge is 2.29. The van der Waals surface area contributed by atoms with Crippen LogP contribution in [-0.4, -0.2) is 89.2 Å². The Labute approximate surface area is 185 Å². The second-order valence-corrected chi connectivity index (χ2v) is 7.73. The molecule has 0 aliphatic rings. The summed E-state index contributed by atoms with van der Waals surface area (Å²) in [6.07, 6.45) is 1.48. The smallest absolute Gasteiger partial charge is 0.328 e. The van der Waals surface area contributed by atoms with Crippen LogP contribution in [-0.2, 0) is 19.2 Å². The Morgan fingerprint density at radius 2 is 1.74 bits per heavy atom. The molecule has 0 aromatic rings. The summed E-state index contributed by atoms with van der Waals surface area (Å²) < 4.78 is 0. The number of carboxylic acid groups (broad SMARTS) is 1. The van der Waals surface area contributed by atoms with Crippen LogP contribution >= 0.6 is 11.8 Å². The average molecular weight is 464 g/mol. The van der Waals surface area contributed by atoms with E-state index in [1.807, 2.05) is 0 Å². The van der Waals surface area contributed by atoms with Gasteiger partial charge in [0.15, 0.2) is 12.0 Å². The van der Waals surface area contributed by atoms with E-state index in [4.69, 9.17) is 22.3 Å². The average Bonchev–Trinajstić information content (AvgIpc) is 2.69. The quantitative estimate of drug-likeness (QED) is 0.0683. The third-order valence-electron chi connectivity index (χ3n) is 4.04. The van der Waals surface area contributed by atoms with E-state index in [0.717, 1.165) is 0 Å². The molecule has 31 heavy (non-hydrogen) atoms. The molecule has 0 fully saturated rings. The molecule has 3 amide bonds. The maximum Gasteiger partial charge on any atom is 0.328 e. The van der Waals surface area contributed by atoms with E-state index >= 15 is 0 Å². The van der Waals surface area contributed by atoms with Gasteiger partial charge in [0.25, 0.3) is 0 Å². The number of rotatable bonds is 15. The molecule has 0 saturated carbocycles. The number of carboxylic acids is 1. The Morgan fingerprint density at radius 1 is 1.10 bits per heavy atom. The maximum absolute atomic E-state index is 12.4. The standard InChI is InChI=1S/C17H33N7O6S/c1-9(25)13(16(29)30)24-15(28)11(5-7-31-2)23-12(26)8-22-14(27)10(18)4-3-6-21-17(19)20/h9-11,13,25H,3-8,18H2,1-2H3,(H,22,27)(H,23,26)(H,24,28)(H,29,30)(H4,19,20,21). The zero-order chi connectivity index (χ0) is 24.0. The molecule has 0 spiro atoms. The lowest BCUT2D eigenvalue weighted by Crippen LogP contribution is -2.56. The van der Waals surface area contributed by atoms with Gasteiger partial charge in [-0.25, -0.2) is 4.79 Å². The van der Waals surface area contributed by atoms with E-state index in [1.165, 1.54) is 18.7 Å². The van der Waals surface area contributed by atoms with Gasteiger partial charge < -0.3 is 43.4 Å². The van der Waals surface area contributed by atoms with Crippen molar-refractivity contribution in [1.29, 1.82) is 0 Å². The van der Waals surface area contributed by atoms with Crippen LogP contribution in [0.5, 0.6) is 0 Å². The first kappa shape index (κ1) is 28.4. The lowest BCUT2D eigenvalue weighted by atomic mass is 10.1. The molecule has 4 atom stereocenters. The van der Waals surface area contributed by atoms with Gasteiger partial charge >= 0.3 is 5.97 Å². The molecule has 11 N–H and O–H groups in total. The summed E-state index contributed by atoms with van der Waals surface area (Å²) in [5.41, 5.74) is 16.1. The lowest BCUT2D eigenvalue weighted by molar-refractivity contribution is -0.145. The number of nitrogens with zero attached hydrogens (tertiary/aromatic N) is 1. The van der Waals surface area contributed by atoms with Gasteiger partial charge in [-0.05, 0) is 38.2 Å². The molecular weight excluding hydrogens is 430 g/mol. The van der Waals surface area contributed by atoms with Gasteiger partial charge in [-0.1, -0.05) is 0 Å². The number of hydrogen-bond donors (Lipinski definition) is 8. The maximum atomic E-state index is 12.4. The highest BCUT2D eigenvalue weighted by Crippen LogP contribution is 2.03. The number of nitrogens with one attached hydrogen (secondary N) is 3. The van der Waals surface area contributed by atoms with Crippen molar-refractivity contribution >= 4 is 41.4 Å². The number of carbonyl (C=O) groups excluding carboxylic acids is 3. The highest BCUT2D eigenvalue weighted by molar-refractivity contribution is 7.98. The van der Waals surface area contributed by atoms with Crippen LogP contribution in [0.25, 0.3) is 0 Å². The third-order valence-corrected chi connectivity index (χ3v) is 4.68. The SMILES string of the molecule is CSCCC(NC(=O)CNC(=O)C(N)CCCN=C(N)N)C(=O)NC(C(=O)O)C(C)O. The lowest BCUT2D eigenvalue weighted by Gasteiger charge is -2.22. The van der Waals surface area contributed by atoms with E-state index in [2.05, 4.69) is 20.9 Å². The normalized spacial score (nSPS) is 14.5. The number of hydrogen-bond acceptors (Lipinski definition) is 8. The van der Waals surface area contributed by atoms with E-state index in [-0.39, 0.29) is 12.4 Å². The molecule has 13 nitrogen and oxygen atoms in total. The van der Waals surface area contributed by atoms with Crippen molar-refractivity contribution in [1.82, 2.24) is 16.0 Å². The van der Waals surface area contributed by atoms with Crippen LogP contribution in [0, 0.1) is 0 Å². The van der Waals surface area contributed by atoms with Crippen LogP contribution in [0.1, 0.15) is 26.2 Å². The van der Waals surface area contributed by atoms with Gasteiger partial charge in [0.1, 0.15) is 6.04 Å². The number of nitrogens with two attached hydrogens (primary N) is 3. The summed E-state index contributed by atoms with van der Waals surface area (Å²) in [7, 11) is 0. The molecule has 0 aliphatic heterocycles. The van der Waals surface area contributed by atoms with Crippen molar-refractivity contribution in [3.05, 3.63) is 0 Å². The Bertz CT molecular complexity index is 642. The number of aliphatic imine (C=N–C) groups is 1. The van der Waals surface area contributed by atoms with E-state index in [9.17, 15) is 24.3 Å². The summed E-state index contributed by atoms with van der Waals surface area (Å²) >= 11 is 1.43. The molecule has 178 valence electrons. The van der Waals surface area contributed by atoms with Crippen molar-refractivity contribution in [2.24, 2.45) is 22.2 Å². The highest BCUT2D eigenvalue weighted by atomic mass is 32.2. The molecule has 0 heterocycles. The minimum atomic E-state index is -1.52. The third kappa shape index (κ3) is 12.7. The van der Waals surface area contributed by atoms with Gasteiger partial charge in [0.2, 0.25) is 17.7 Å². The van der Waals surface area contributed by atoms with Crippen molar-refractivity contribution in [3.63, 3.8) is 0 Å². The fourth-order valence-electron chi connectivity index (χ4n) is 2.34. The molecule has 0 aromatic heterocycles. The molecule has 0 rings (SSSR count). The minimum Gasteiger partial charge on any atom is -0.480 e. The summed E-state index contributed by atoms with van der Waals surface area (Å²) in [5, 5.41) is 25.6. The molecule has 0 aliphatic carbocycles. The summed E-state index contributed by atoms with van der Waals surface area (Å²) in [5.74, 6) is -2.90.